The van der Waals surface area contributed by atoms with Crippen LogP contribution in [-0.4, -0.2) is 61.9 Å². The molecule has 1 aromatic carbocycles. The number of carboxylic acid groups (broad SMARTS) is 1. The Morgan fingerprint density at radius 2 is 1.97 bits per heavy atom. The lowest BCUT2D eigenvalue weighted by atomic mass is 10.1. The second-order valence-corrected chi connectivity index (χ2v) is 11.3. The molecule has 208 valence electrons. The molecule has 0 fully saturated rings. The Bertz CT molecular complexity index is 1330. The topological polar surface area (TPSA) is 167 Å². The molecule has 38 heavy (non-hydrogen) atoms. The van der Waals surface area contributed by atoms with Gasteiger partial charge in [0.25, 0.3) is 0 Å². The first-order valence-corrected chi connectivity index (χ1v) is 13.2. The summed E-state index contributed by atoms with van der Waals surface area (Å²) in [6.45, 7) is 4.10. The lowest BCUT2D eigenvalue weighted by Crippen LogP contribution is -2.49. The summed E-state index contributed by atoms with van der Waals surface area (Å²) in [5, 5.41) is 14.0. The van der Waals surface area contributed by atoms with Gasteiger partial charge in [-0.15, -0.1) is 0 Å². The number of alkyl halides is 3. The lowest BCUT2D eigenvalue weighted by molar-refractivity contribution is -0.153. The van der Waals surface area contributed by atoms with Crippen LogP contribution < -0.4 is 20.6 Å². The number of carboxylic acids is 1. The van der Waals surface area contributed by atoms with E-state index in [1.807, 2.05) is 0 Å². The van der Waals surface area contributed by atoms with Crippen LogP contribution in [0.4, 0.5) is 19.0 Å². The van der Waals surface area contributed by atoms with Gasteiger partial charge in [0.2, 0.25) is 7.44 Å². The molecule has 3 atom stereocenters. The summed E-state index contributed by atoms with van der Waals surface area (Å²) in [6, 6.07) is 2.75. The highest BCUT2D eigenvalue weighted by Gasteiger charge is 2.47. The summed E-state index contributed by atoms with van der Waals surface area (Å²) in [4.78, 5) is 23.8. The minimum absolute atomic E-state index is 0.133. The molecular formula is C22H29F3N7O5P. The number of fused-ring (bicyclic) bond motifs is 1. The highest BCUT2D eigenvalue weighted by Crippen LogP contribution is 2.46. The zero-order valence-corrected chi connectivity index (χ0v) is 22.0. The second kappa shape index (κ2) is 11.2. The van der Waals surface area contributed by atoms with E-state index in [1.54, 1.807) is 11.5 Å². The normalized spacial score (nSPS) is 15.7. The SMILES string of the molecule is COc1cccc([C@@H](N[P@@](=O)(CO[C@H](C)Cn2cnc3c(N)ncnc32)NC(C)(C)C(=O)O)C(F)(F)F)c1. The van der Waals surface area contributed by atoms with Gasteiger partial charge in [-0.2, -0.15) is 13.2 Å². The average molecular weight is 559 g/mol. The van der Waals surface area contributed by atoms with Crippen molar-refractivity contribution in [2.75, 3.05) is 19.2 Å². The number of nitrogens with two attached hydrogens (primary N) is 1. The van der Waals surface area contributed by atoms with E-state index in [0.717, 1.165) is 6.07 Å². The number of hydrogen-bond acceptors (Lipinski definition) is 8. The molecule has 0 aliphatic rings. The molecule has 2 aromatic heterocycles. The van der Waals surface area contributed by atoms with Crippen molar-refractivity contribution in [1.82, 2.24) is 29.7 Å². The van der Waals surface area contributed by atoms with Crippen molar-refractivity contribution < 1.29 is 37.1 Å². The molecule has 0 saturated carbocycles. The molecule has 3 aromatic rings. The van der Waals surface area contributed by atoms with Crippen LogP contribution in [0.25, 0.3) is 11.2 Å². The molecule has 0 bridgehead atoms. The van der Waals surface area contributed by atoms with Gasteiger partial charge in [0.1, 0.15) is 35.5 Å². The first kappa shape index (κ1) is 29.3. The maximum absolute atomic E-state index is 14.2. The number of halogens is 3. The highest BCUT2D eigenvalue weighted by molar-refractivity contribution is 7.59. The average Bonchev–Trinajstić information content (AvgIpc) is 3.24. The molecule has 0 unspecified atom stereocenters. The van der Waals surface area contributed by atoms with E-state index in [0.29, 0.717) is 11.2 Å². The third-order valence-corrected chi connectivity index (χ3v) is 7.62. The summed E-state index contributed by atoms with van der Waals surface area (Å²) in [5.41, 5.74) is 4.44. The third-order valence-electron chi connectivity index (χ3n) is 5.51. The van der Waals surface area contributed by atoms with E-state index in [9.17, 15) is 27.6 Å². The predicted molar refractivity (Wildman–Crippen MR) is 133 cm³/mol. The summed E-state index contributed by atoms with van der Waals surface area (Å²) < 4.78 is 68.6. The summed E-state index contributed by atoms with van der Waals surface area (Å²) in [6.07, 6.45) is -3.65. The second-order valence-electron chi connectivity index (χ2n) is 9.10. The molecule has 12 nitrogen and oxygen atoms in total. The minimum atomic E-state index is -4.89. The van der Waals surface area contributed by atoms with Crippen LogP contribution in [0.5, 0.6) is 5.75 Å². The standard InChI is InChI=1S/C22H29F3N7O5P/c1-13(9-32-11-29-16-18(26)27-10-28-19(16)32)37-12-38(35,31-21(2,3)20(33)34)30-17(22(23,24)25)14-6-5-7-15(8-14)36-4/h5-8,10-11,13,17H,9,12H2,1-4H3,(H,33,34)(H2,26,27,28)(H2,30,31,35)/t13-,17-,38+/m1/s1. The molecule has 16 heteroatoms. The van der Waals surface area contributed by atoms with Gasteiger partial charge in [-0.3, -0.25) is 9.36 Å². The maximum atomic E-state index is 14.2. The number of nitrogens with one attached hydrogen (secondary N) is 2. The molecule has 0 saturated heterocycles. The van der Waals surface area contributed by atoms with Crippen LogP contribution in [0.15, 0.2) is 36.9 Å². The summed E-state index contributed by atoms with van der Waals surface area (Å²) >= 11 is 0. The molecule has 0 aliphatic carbocycles. The fourth-order valence-electron chi connectivity index (χ4n) is 3.56. The number of nitrogens with zero attached hydrogens (tertiary/aromatic N) is 4. The van der Waals surface area contributed by atoms with Gasteiger partial charge in [0, 0.05) is 0 Å². The van der Waals surface area contributed by atoms with Crippen molar-refractivity contribution in [3.63, 3.8) is 0 Å². The maximum Gasteiger partial charge on any atom is 0.408 e. The largest absolute Gasteiger partial charge is 0.497 e. The summed E-state index contributed by atoms with van der Waals surface area (Å²) in [5.74, 6) is -1.08. The third kappa shape index (κ3) is 6.98. The summed E-state index contributed by atoms with van der Waals surface area (Å²) in [7, 11) is -3.07. The van der Waals surface area contributed by atoms with Gasteiger partial charge < -0.3 is 24.9 Å². The van der Waals surface area contributed by atoms with Crippen molar-refractivity contribution in [1.29, 1.82) is 0 Å². The van der Waals surface area contributed by atoms with Crippen LogP contribution in [0.1, 0.15) is 32.4 Å². The highest BCUT2D eigenvalue weighted by atomic mass is 31.2. The first-order chi connectivity index (χ1) is 17.6. The Morgan fingerprint density at radius 3 is 2.61 bits per heavy atom. The molecule has 0 aliphatic heterocycles. The lowest BCUT2D eigenvalue weighted by Gasteiger charge is -2.33. The molecule has 0 radical (unpaired) electrons. The number of methoxy groups -OCH3 is 1. The molecular weight excluding hydrogens is 530 g/mol. The van der Waals surface area contributed by atoms with Crippen LogP contribution in [0.2, 0.25) is 0 Å². The molecule has 3 rings (SSSR count). The van der Waals surface area contributed by atoms with E-state index in [2.05, 4.69) is 25.1 Å². The van der Waals surface area contributed by atoms with Crippen molar-refractivity contribution in [2.45, 2.75) is 51.2 Å². The zero-order valence-electron chi connectivity index (χ0n) is 21.1. The van der Waals surface area contributed by atoms with Crippen molar-refractivity contribution >= 4 is 30.4 Å². The van der Waals surface area contributed by atoms with Gasteiger partial charge in [0.05, 0.1) is 26.1 Å². The van der Waals surface area contributed by atoms with Crippen molar-refractivity contribution in [2.24, 2.45) is 0 Å². The zero-order chi connectivity index (χ0) is 28.3. The van der Waals surface area contributed by atoms with E-state index in [1.165, 1.54) is 51.8 Å². The van der Waals surface area contributed by atoms with Crippen molar-refractivity contribution in [3.8, 4) is 5.75 Å². The number of imidazole rings is 1. The molecule has 2 heterocycles. The fraction of sp³-hybridized carbons (Fsp3) is 0.455. The smallest absolute Gasteiger partial charge is 0.408 e. The van der Waals surface area contributed by atoms with Crippen LogP contribution >= 0.6 is 7.44 Å². The van der Waals surface area contributed by atoms with E-state index < -0.39 is 43.6 Å². The predicted octanol–water partition coefficient (Wildman–Crippen LogP) is 3.32. The number of aromatic nitrogens is 4. The fourth-order valence-corrected chi connectivity index (χ4v) is 5.94. The van der Waals surface area contributed by atoms with Gasteiger partial charge in [-0.25, -0.2) is 25.1 Å². The number of benzene rings is 1. The van der Waals surface area contributed by atoms with Crippen LogP contribution in [0, 0.1) is 0 Å². The molecule has 0 amide bonds. The van der Waals surface area contributed by atoms with Gasteiger partial charge in [-0.05, 0) is 38.5 Å². The number of hydrogen-bond donors (Lipinski definition) is 4. The Labute approximate surface area is 216 Å². The Hall–Kier alpha value is -3.26. The number of aliphatic carboxylic acids is 1. The van der Waals surface area contributed by atoms with E-state index >= 15 is 0 Å². The first-order valence-electron chi connectivity index (χ1n) is 11.3. The molecule has 5 N–H and O–H groups in total. The monoisotopic (exact) mass is 559 g/mol. The van der Waals surface area contributed by atoms with Gasteiger partial charge >= 0.3 is 12.1 Å². The number of anilines is 1. The number of carbonyl (C=O) groups is 1. The van der Waals surface area contributed by atoms with Gasteiger partial charge in [-0.1, -0.05) is 12.1 Å². The van der Waals surface area contributed by atoms with E-state index in [4.69, 9.17) is 15.2 Å². The Balaban J connectivity index is 1.87. The Kier molecular flexibility index (Phi) is 8.66. The number of nitrogen functional groups attached to an aromatic ring is 1. The Morgan fingerprint density at radius 1 is 1.26 bits per heavy atom. The van der Waals surface area contributed by atoms with Gasteiger partial charge in [0.15, 0.2) is 11.5 Å². The number of ether oxygens (including phenoxy) is 2. The quantitative estimate of drug-likeness (QED) is 0.240. The number of rotatable bonds is 12. The van der Waals surface area contributed by atoms with E-state index in [-0.39, 0.29) is 23.7 Å². The van der Waals surface area contributed by atoms with Crippen LogP contribution in [0.3, 0.4) is 0 Å². The van der Waals surface area contributed by atoms with Crippen molar-refractivity contribution in [3.05, 3.63) is 42.5 Å². The minimum Gasteiger partial charge on any atom is -0.497 e. The molecule has 0 spiro atoms. The van der Waals surface area contributed by atoms with Crippen LogP contribution in [-0.2, 0) is 20.6 Å².